The molecule has 6 heteroatoms. The van der Waals surface area contributed by atoms with Gasteiger partial charge in [0.2, 0.25) is 0 Å². The molecular formula is C20H31N3O3. The molecule has 2 fully saturated rings. The zero-order chi connectivity index (χ0) is 18.2. The SMILES string of the molecule is COC(=O)COc1ccc(N2CCC(NCC3CCNCC3)CC2)cc1. The summed E-state index contributed by atoms with van der Waals surface area (Å²) in [6.45, 7) is 5.61. The fraction of sp³-hybridized carbons (Fsp3) is 0.650. The fourth-order valence-electron chi connectivity index (χ4n) is 3.72. The summed E-state index contributed by atoms with van der Waals surface area (Å²) in [5.41, 5.74) is 1.22. The lowest BCUT2D eigenvalue weighted by Gasteiger charge is -2.35. The van der Waals surface area contributed by atoms with Gasteiger partial charge in [-0.15, -0.1) is 0 Å². The molecule has 2 heterocycles. The molecule has 2 saturated heterocycles. The highest BCUT2D eigenvalue weighted by Crippen LogP contribution is 2.23. The number of esters is 1. The first kappa shape index (κ1) is 19.0. The lowest BCUT2D eigenvalue weighted by molar-refractivity contribution is -0.142. The standard InChI is InChI=1S/C20H31N3O3/c1-25-20(24)15-26-19-4-2-18(3-5-19)23-12-8-17(9-13-23)22-14-16-6-10-21-11-7-16/h2-5,16-17,21-22H,6-15H2,1H3. The van der Waals surface area contributed by atoms with Crippen LogP contribution in [0.25, 0.3) is 0 Å². The molecule has 0 saturated carbocycles. The number of nitrogens with zero attached hydrogens (tertiary/aromatic N) is 1. The van der Waals surface area contributed by atoms with Crippen LogP contribution in [0.2, 0.25) is 0 Å². The van der Waals surface area contributed by atoms with Crippen LogP contribution >= 0.6 is 0 Å². The van der Waals surface area contributed by atoms with Crippen molar-refractivity contribution in [3.05, 3.63) is 24.3 Å². The molecule has 0 radical (unpaired) electrons. The number of hydrogen-bond acceptors (Lipinski definition) is 6. The lowest BCUT2D eigenvalue weighted by Crippen LogP contribution is -2.45. The average molecular weight is 361 g/mol. The van der Waals surface area contributed by atoms with E-state index in [1.54, 1.807) is 0 Å². The molecule has 0 amide bonds. The highest BCUT2D eigenvalue weighted by molar-refractivity contribution is 5.70. The monoisotopic (exact) mass is 361 g/mol. The third kappa shape index (κ3) is 5.61. The van der Waals surface area contributed by atoms with Crippen LogP contribution in [0.15, 0.2) is 24.3 Å². The zero-order valence-corrected chi connectivity index (χ0v) is 15.7. The van der Waals surface area contributed by atoms with Gasteiger partial charge in [-0.05, 0) is 75.5 Å². The first-order valence-corrected chi connectivity index (χ1v) is 9.73. The van der Waals surface area contributed by atoms with Crippen LogP contribution < -0.4 is 20.3 Å². The van der Waals surface area contributed by atoms with Crippen molar-refractivity contribution in [2.24, 2.45) is 5.92 Å². The number of carbonyl (C=O) groups is 1. The van der Waals surface area contributed by atoms with E-state index < -0.39 is 0 Å². The van der Waals surface area contributed by atoms with Gasteiger partial charge >= 0.3 is 5.97 Å². The van der Waals surface area contributed by atoms with Crippen LogP contribution in [-0.2, 0) is 9.53 Å². The summed E-state index contributed by atoms with van der Waals surface area (Å²) in [6, 6.07) is 8.60. The number of methoxy groups -OCH3 is 1. The number of hydrogen-bond donors (Lipinski definition) is 2. The van der Waals surface area contributed by atoms with Crippen LogP contribution in [0.4, 0.5) is 5.69 Å². The van der Waals surface area contributed by atoms with E-state index in [2.05, 4.69) is 32.4 Å². The highest BCUT2D eigenvalue weighted by Gasteiger charge is 2.21. The molecule has 1 aromatic rings. The summed E-state index contributed by atoms with van der Waals surface area (Å²) in [5.74, 6) is 1.16. The Balaban J connectivity index is 1.39. The van der Waals surface area contributed by atoms with Gasteiger partial charge in [0.1, 0.15) is 5.75 Å². The van der Waals surface area contributed by atoms with Crippen molar-refractivity contribution < 1.29 is 14.3 Å². The molecule has 0 unspecified atom stereocenters. The third-order valence-corrected chi connectivity index (χ3v) is 5.44. The van der Waals surface area contributed by atoms with Crippen LogP contribution in [0, 0.1) is 5.92 Å². The van der Waals surface area contributed by atoms with E-state index in [1.807, 2.05) is 12.1 Å². The number of anilines is 1. The molecule has 0 bridgehead atoms. The molecule has 144 valence electrons. The Morgan fingerprint density at radius 2 is 1.85 bits per heavy atom. The van der Waals surface area contributed by atoms with Crippen molar-refractivity contribution in [1.29, 1.82) is 0 Å². The third-order valence-electron chi connectivity index (χ3n) is 5.44. The second-order valence-electron chi connectivity index (χ2n) is 7.22. The van der Waals surface area contributed by atoms with Crippen molar-refractivity contribution in [3.8, 4) is 5.75 Å². The van der Waals surface area contributed by atoms with Gasteiger partial charge in [0.25, 0.3) is 0 Å². The summed E-state index contributed by atoms with van der Waals surface area (Å²) < 4.78 is 9.98. The number of ether oxygens (including phenoxy) is 2. The molecule has 26 heavy (non-hydrogen) atoms. The maximum atomic E-state index is 11.1. The molecule has 0 aromatic heterocycles. The van der Waals surface area contributed by atoms with E-state index in [1.165, 1.54) is 58.1 Å². The summed E-state index contributed by atoms with van der Waals surface area (Å²) in [6.07, 6.45) is 4.98. The van der Waals surface area contributed by atoms with Crippen molar-refractivity contribution >= 4 is 11.7 Å². The molecule has 0 atom stereocenters. The van der Waals surface area contributed by atoms with E-state index in [0.717, 1.165) is 19.0 Å². The topological polar surface area (TPSA) is 62.8 Å². The second kappa shape index (κ2) is 9.78. The Bertz CT molecular complexity index is 550. The van der Waals surface area contributed by atoms with Crippen molar-refractivity contribution in [3.63, 3.8) is 0 Å². The minimum Gasteiger partial charge on any atom is -0.482 e. The van der Waals surface area contributed by atoms with Crippen LogP contribution in [0.3, 0.4) is 0 Å². The molecule has 2 aliphatic rings. The number of benzene rings is 1. The average Bonchev–Trinajstić information content (AvgIpc) is 2.72. The minimum absolute atomic E-state index is 0.0516. The number of nitrogens with one attached hydrogen (secondary N) is 2. The normalized spacial score (nSPS) is 19.3. The van der Waals surface area contributed by atoms with Crippen LogP contribution in [0.1, 0.15) is 25.7 Å². The maximum Gasteiger partial charge on any atom is 0.343 e. The minimum atomic E-state index is -0.367. The van der Waals surface area contributed by atoms with Crippen LogP contribution in [0.5, 0.6) is 5.75 Å². The molecule has 2 aliphatic heterocycles. The molecule has 0 aliphatic carbocycles. The fourth-order valence-corrected chi connectivity index (χ4v) is 3.72. The van der Waals surface area contributed by atoms with E-state index in [-0.39, 0.29) is 12.6 Å². The summed E-state index contributed by atoms with van der Waals surface area (Å²) in [5, 5.41) is 7.22. The van der Waals surface area contributed by atoms with Gasteiger partial charge in [0, 0.05) is 24.8 Å². The Morgan fingerprint density at radius 1 is 1.15 bits per heavy atom. The predicted molar refractivity (Wildman–Crippen MR) is 103 cm³/mol. The molecular weight excluding hydrogens is 330 g/mol. The van der Waals surface area contributed by atoms with Gasteiger partial charge in [-0.3, -0.25) is 0 Å². The quantitative estimate of drug-likeness (QED) is 0.722. The molecule has 1 aromatic carbocycles. The molecule has 6 nitrogen and oxygen atoms in total. The van der Waals surface area contributed by atoms with Crippen molar-refractivity contribution in [2.75, 3.05) is 51.3 Å². The van der Waals surface area contributed by atoms with Gasteiger partial charge in [-0.25, -0.2) is 4.79 Å². The largest absolute Gasteiger partial charge is 0.482 e. The van der Waals surface area contributed by atoms with Gasteiger partial charge in [0.15, 0.2) is 6.61 Å². The smallest absolute Gasteiger partial charge is 0.343 e. The predicted octanol–water partition coefficient (Wildman–Crippen LogP) is 1.80. The number of rotatable bonds is 7. The van der Waals surface area contributed by atoms with E-state index in [4.69, 9.17) is 4.74 Å². The summed E-state index contributed by atoms with van der Waals surface area (Å²) in [4.78, 5) is 13.5. The van der Waals surface area contributed by atoms with E-state index in [0.29, 0.717) is 11.8 Å². The Morgan fingerprint density at radius 3 is 2.50 bits per heavy atom. The Kier molecular flexibility index (Phi) is 7.14. The number of carbonyl (C=O) groups excluding carboxylic acids is 1. The zero-order valence-electron chi connectivity index (χ0n) is 15.7. The van der Waals surface area contributed by atoms with Crippen LogP contribution in [-0.4, -0.2) is 58.5 Å². The molecule has 0 spiro atoms. The number of piperidine rings is 2. The van der Waals surface area contributed by atoms with E-state index >= 15 is 0 Å². The van der Waals surface area contributed by atoms with Gasteiger partial charge in [-0.2, -0.15) is 0 Å². The Labute approximate surface area is 156 Å². The van der Waals surface area contributed by atoms with Gasteiger partial charge in [0.05, 0.1) is 7.11 Å². The van der Waals surface area contributed by atoms with Crippen molar-refractivity contribution in [1.82, 2.24) is 10.6 Å². The maximum absolute atomic E-state index is 11.1. The molecule has 3 rings (SSSR count). The van der Waals surface area contributed by atoms with E-state index in [9.17, 15) is 4.79 Å². The summed E-state index contributed by atoms with van der Waals surface area (Å²) in [7, 11) is 1.36. The highest BCUT2D eigenvalue weighted by atomic mass is 16.6. The first-order valence-electron chi connectivity index (χ1n) is 9.73. The van der Waals surface area contributed by atoms with Crippen molar-refractivity contribution in [2.45, 2.75) is 31.7 Å². The summed E-state index contributed by atoms with van der Waals surface area (Å²) >= 11 is 0. The van der Waals surface area contributed by atoms with Gasteiger partial charge < -0.3 is 25.0 Å². The lowest BCUT2D eigenvalue weighted by atomic mass is 9.96. The first-order chi connectivity index (χ1) is 12.7. The van der Waals surface area contributed by atoms with Gasteiger partial charge in [-0.1, -0.05) is 0 Å². The molecule has 2 N–H and O–H groups in total. The second-order valence-corrected chi connectivity index (χ2v) is 7.22. The Hall–Kier alpha value is -1.79.